The first-order valence-electron chi connectivity index (χ1n) is 4.10. The molecule has 0 fully saturated rings. The fraction of sp³-hybridized carbons (Fsp3) is 0.333. The van der Waals surface area contributed by atoms with Gasteiger partial charge in [-0.3, -0.25) is 0 Å². The number of ether oxygens (including phenoxy) is 2. The van der Waals surface area contributed by atoms with Crippen molar-refractivity contribution in [2.24, 2.45) is 0 Å². The van der Waals surface area contributed by atoms with Crippen LogP contribution in [0.4, 0.5) is 0 Å². The highest BCUT2D eigenvalue weighted by Crippen LogP contribution is 2.42. The summed E-state index contributed by atoms with van der Waals surface area (Å²) >= 11 is 11.7. The fourth-order valence-corrected chi connectivity index (χ4v) is 1.56. The van der Waals surface area contributed by atoms with Gasteiger partial charge in [-0.05, 0) is 12.1 Å². The Kier molecular flexibility index (Phi) is 2.72. The van der Waals surface area contributed by atoms with Gasteiger partial charge in [-0.2, -0.15) is 0 Å². The monoisotopic (exact) mass is 234 g/mol. The lowest BCUT2D eigenvalue weighted by Gasteiger charge is -2.26. The van der Waals surface area contributed by atoms with Crippen molar-refractivity contribution in [3.05, 3.63) is 22.2 Å². The Labute approximate surface area is 91.1 Å². The van der Waals surface area contributed by atoms with E-state index >= 15 is 0 Å². The molecule has 1 heterocycles. The number of fused-ring (bicyclic) bond motifs is 1. The molecule has 1 aliphatic rings. The van der Waals surface area contributed by atoms with E-state index in [9.17, 15) is 0 Å². The second-order valence-electron chi connectivity index (χ2n) is 2.92. The molecule has 76 valence electrons. The van der Waals surface area contributed by atoms with E-state index < -0.39 is 0 Å². The Bertz CT molecular complexity index is 354. The summed E-state index contributed by atoms with van der Waals surface area (Å²) in [5.41, 5.74) is 0. The molecule has 0 radical (unpaired) electrons. The summed E-state index contributed by atoms with van der Waals surface area (Å²) in [6.07, 6.45) is -0.376. The number of hydrogen-bond donors (Lipinski definition) is 1. The minimum atomic E-state index is -0.376. The number of aliphatic hydroxyl groups excluding tert-OH is 1. The van der Waals surface area contributed by atoms with Crippen LogP contribution in [0.3, 0.4) is 0 Å². The normalized spacial score (nSPS) is 19.5. The summed E-state index contributed by atoms with van der Waals surface area (Å²) in [7, 11) is 0. The third-order valence-electron chi connectivity index (χ3n) is 1.93. The molecule has 1 aromatic carbocycles. The SMILES string of the molecule is OCC1COc2ccc(Cl)c(Cl)c2O1. The molecule has 0 amide bonds. The lowest BCUT2D eigenvalue weighted by Crippen LogP contribution is -2.32. The van der Waals surface area contributed by atoms with Crippen LogP contribution in [0.15, 0.2) is 12.1 Å². The summed E-state index contributed by atoms with van der Waals surface area (Å²) in [6, 6.07) is 3.34. The molecule has 1 aliphatic heterocycles. The van der Waals surface area contributed by atoms with E-state index in [1.165, 1.54) is 0 Å². The van der Waals surface area contributed by atoms with Gasteiger partial charge in [0.05, 0.1) is 11.6 Å². The van der Waals surface area contributed by atoms with Crippen LogP contribution in [0.25, 0.3) is 0 Å². The van der Waals surface area contributed by atoms with Gasteiger partial charge in [-0.1, -0.05) is 23.2 Å². The maximum atomic E-state index is 8.90. The van der Waals surface area contributed by atoms with Gasteiger partial charge in [-0.25, -0.2) is 0 Å². The molecule has 1 unspecified atom stereocenters. The van der Waals surface area contributed by atoms with E-state index in [-0.39, 0.29) is 12.7 Å². The van der Waals surface area contributed by atoms with E-state index in [2.05, 4.69) is 0 Å². The van der Waals surface area contributed by atoms with E-state index in [4.69, 9.17) is 37.8 Å². The van der Waals surface area contributed by atoms with Crippen molar-refractivity contribution in [1.29, 1.82) is 0 Å². The smallest absolute Gasteiger partial charge is 0.181 e. The predicted octanol–water partition coefficient (Wildman–Crippen LogP) is 2.13. The van der Waals surface area contributed by atoms with Gasteiger partial charge in [0.25, 0.3) is 0 Å². The first-order valence-corrected chi connectivity index (χ1v) is 4.86. The Morgan fingerprint density at radius 3 is 2.93 bits per heavy atom. The lowest BCUT2D eigenvalue weighted by atomic mass is 10.2. The summed E-state index contributed by atoms with van der Waals surface area (Å²) in [6.45, 7) is 0.212. The van der Waals surface area contributed by atoms with Gasteiger partial charge in [0.15, 0.2) is 17.6 Å². The molecule has 0 aliphatic carbocycles. The highest BCUT2D eigenvalue weighted by atomic mass is 35.5. The third kappa shape index (κ3) is 1.63. The van der Waals surface area contributed by atoms with Crippen LogP contribution in [0.1, 0.15) is 0 Å². The molecule has 0 saturated heterocycles. The molecule has 0 spiro atoms. The number of hydrogen-bond acceptors (Lipinski definition) is 3. The molecule has 0 bridgehead atoms. The Balaban J connectivity index is 2.38. The zero-order valence-electron chi connectivity index (χ0n) is 7.17. The second kappa shape index (κ2) is 3.85. The number of aliphatic hydroxyl groups is 1. The number of rotatable bonds is 1. The van der Waals surface area contributed by atoms with Gasteiger partial charge >= 0.3 is 0 Å². The van der Waals surface area contributed by atoms with Crippen molar-refractivity contribution >= 4 is 23.2 Å². The van der Waals surface area contributed by atoms with Crippen molar-refractivity contribution in [3.63, 3.8) is 0 Å². The van der Waals surface area contributed by atoms with E-state index in [0.29, 0.717) is 28.2 Å². The first kappa shape index (κ1) is 9.90. The van der Waals surface area contributed by atoms with Crippen LogP contribution >= 0.6 is 23.2 Å². The standard InChI is InChI=1S/C9H8Cl2O3/c10-6-1-2-7-9(8(6)11)14-5(3-12)4-13-7/h1-2,5,12H,3-4H2. The molecule has 1 aromatic rings. The predicted molar refractivity (Wildman–Crippen MR) is 53.5 cm³/mol. The second-order valence-corrected chi connectivity index (χ2v) is 3.71. The quantitative estimate of drug-likeness (QED) is 0.810. The largest absolute Gasteiger partial charge is 0.486 e. The maximum Gasteiger partial charge on any atom is 0.181 e. The number of benzene rings is 1. The fourth-order valence-electron chi connectivity index (χ4n) is 1.21. The van der Waals surface area contributed by atoms with Crippen molar-refractivity contribution in [2.75, 3.05) is 13.2 Å². The third-order valence-corrected chi connectivity index (χ3v) is 2.71. The van der Waals surface area contributed by atoms with Gasteiger partial charge in [0.2, 0.25) is 0 Å². The Morgan fingerprint density at radius 1 is 1.43 bits per heavy atom. The molecular weight excluding hydrogens is 227 g/mol. The average molecular weight is 235 g/mol. The maximum absolute atomic E-state index is 8.90. The summed E-state index contributed by atoms with van der Waals surface area (Å²) in [5.74, 6) is 0.966. The Morgan fingerprint density at radius 2 is 2.21 bits per heavy atom. The lowest BCUT2D eigenvalue weighted by molar-refractivity contribution is 0.0457. The van der Waals surface area contributed by atoms with Crippen molar-refractivity contribution in [2.45, 2.75) is 6.10 Å². The molecule has 0 aromatic heterocycles. The average Bonchev–Trinajstić information content (AvgIpc) is 2.23. The van der Waals surface area contributed by atoms with Crippen LogP contribution in [0, 0.1) is 0 Å². The van der Waals surface area contributed by atoms with Crippen LogP contribution in [0.5, 0.6) is 11.5 Å². The molecule has 1 atom stereocenters. The zero-order valence-corrected chi connectivity index (χ0v) is 8.68. The minimum absolute atomic E-state index is 0.109. The van der Waals surface area contributed by atoms with Crippen molar-refractivity contribution < 1.29 is 14.6 Å². The minimum Gasteiger partial charge on any atom is -0.486 e. The van der Waals surface area contributed by atoms with Crippen LogP contribution in [-0.4, -0.2) is 24.4 Å². The summed E-state index contributed by atoms with van der Waals surface area (Å²) in [4.78, 5) is 0. The van der Waals surface area contributed by atoms with Crippen molar-refractivity contribution in [1.82, 2.24) is 0 Å². The zero-order chi connectivity index (χ0) is 10.1. The molecule has 14 heavy (non-hydrogen) atoms. The molecule has 5 heteroatoms. The van der Waals surface area contributed by atoms with E-state index in [0.717, 1.165) is 0 Å². The highest BCUT2D eigenvalue weighted by molar-refractivity contribution is 6.43. The number of halogens is 2. The van der Waals surface area contributed by atoms with E-state index in [1.54, 1.807) is 12.1 Å². The van der Waals surface area contributed by atoms with Crippen LogP contribution < -0.4 is 9.47 Å². The topological polar surface area (TPSA) is 38.7 Å². The van der Waals surface area contributed by atoms with Gasteiger partial charge < -0.3 is 14.6 Å². The van der Waals surface area contributed by atoms with E-state index in [1.807, 2.05) is 0 Å². The molecular formula is C9H8Cl2O3. The van der Waals surface area contributed by atoms with Crippen LogP contribution in [-0.2, 0) is 0 Å². The van der Waals surface area contributed by atoms with Crippen molar-refractivity contribution in [3.8, 4) is 11.5 Å². The van der Waals surface area contributed by atoms with Gasteiger partial charge in [0, 0.05) is 0 Å². The highest BCUT2D eigenvalue weighted by Gasteiger charge is 2.23. The Hall–Kier alpha value is -0.640. The molecule has 1 N–H and O–H groups in total. The molecule has 3 nitrogen and oxygen atoms in total. The summed E-state index contributed by atoms with van der Waals surface area (Å²) in [5, 5.41) is 9.63. The van der Waals surface area contributed by atoms with Crippen LogP contribution in [0.2, 0.25) is 10.0 Å². The van der Waals surface area contributed by atoms with Gasteiger partial charge in [0.1, 0.15) is 11.6 Å². The molecule has 2 rings (SSSR count). The van der Waals surface area contributed by atoms with Gasteiger partial charge in [-0.15, -0.1) is 0 Å². The summed E-state index contributed by atoms with van der Waals surface area (Å²) < 4.78 is 10.7. The first-order chi connectivity index (χ1) is 6.72. The molecule has 0 saturated carbocycles.